The SMILES string of the molecule is CCOc1cc([C@H](Cc2nccc(-c3cnn(C)c3)c2[N+](=O)[O-])CS(C)(=O)=O)ccc1OC. The topological polar surface area (TPSA) is 126 Å². The molecule has 10 nitrogen and oxygen atoms in total. The summed E-state index contributed by atoms with van der Waals surface area (Å²) in [6.07, 6.45) is 5.90. The van der Waals surface area contributed by atoms with Crippen molar-refractivity contribution in [1.82, 2.24) is 14.8 Å². The number of aryl methyl sites for hydroxylation is 1. The van der Waals surface area contributed by atoms with Crippen LogP contribution in [0.3, 0.4) is 0 Å². The number of aromatic nitrogens is 3. The number of nitrogens with zero attached hydrogens (tertiary/aromatic N) is 4. The first-order valence-electron chi connectivity index (χ1n) is 10.2. The van der Waals surface area contributed by atoms with Gasteiger partial charge in [0.15, 0.2) is 11.5 Å². The predicted molar refractivity (Wildman–Crippen MR) is 123 cm³/mol. The van der Waals surface area contributed by atoms with Gasteiger partial charge in [-0.1, -0.05) is 6.07 Å². The van der Waals surface area contributed by atoms with E-state index in [9.17, 15) is 18.5 Å². The minimum Gasteiger partial charge on any atom is -0.493 e. The fraction of sp³-hybridized carbons (Fsp3) is 0.364. The van der Waals surface area contributed by atoms with Gasteiger partial charge in [-0.25, -0.2) is 8.42 Å². The highest BCUT2D eigenvalue weighted by atomic mass is 32.2. The summed E-state index contributed by atoms with van der Waals surface area (Å²) in [4.78, 5) is 15.8. The second kappa shape index (κ2) is 9.99. The van der Waals surface area contributed by atoms with Crippen molar-refractivity contribution in [2.24, 2.45) is 7.05 Å². The maximum Gasteiger partial charge on any atom is 0.298 e. The second-order valence-corrected chi connectivity index (χ2v) is 9.84. The van der Waals surface area contributed by atoms with E-state index in [1.54, 1.807) is 42.2 Å². The molecule has 0 spiro atoms. The highest BCUT2D eigenvalue weighted by Gasteiger charge is 2.28. The lowest BCUT2D eigenvalue weighted by molar-refractivity contribution is -0.385. The van der Waals surface area contributed by atoms with Gasteiger partial charge in [-0.2, -0.15) is 5.10 Å². The standard InChI is InChI=1S/C22H26N4O6S/c1-5-32-21-11-15(6-7-20(21)31-3)16(14-33(4,29)30)10-19-22(26(27)28)18(8-9-23-19)17-12-24-25(2)13-17/h6-9,11-13,16H,5,10,14H2,1-4H3/t16-/m1/s1. The Bertz CT molecular complexity index is 1260. The molecule has 0 N–H and O–H groups in total. The van der Waals surface area contributed by atoms with Crippen LogP contribution >= 0.6 is 0 Å². The Labute approximate surface area is 192 Å². The van der Waals surface area contributed by atoms with Crippen molar-refractivity contribution in [2.75, 3.05) is 25.7 Å². The molecule has 3 aromatic rings. The summed E-state index contributed by atoms with van der Waals surface area (Å²) in [6.45, 7) is 2.23. The van der Waals surface area contributed by atoms with Crippen LogP contribution < -0.4 is 9.47 Å². The van der Waals surface area contributed by atoms with Crippen LogP contribution in [-0.2, 0) is 23.3 Å². The predicted octanol–water partition coefficient (Wildman–Crippen LogP) is 3.17. The lowest BCUT2D eigenvalue weighted by atomic mass is 9.93. The van der Waals surface area contributed by atoms with Crippen molar-refractivity contribution in [1.29, 1.82) is 0 Å². The molecule has 0 aliphatic heterocycles. The molecule has 0 unspecified atom stereocenters. The Morgan fingerprint density at radius 1 is 1.24 bits per heavy atom. The first-order valence-corrected chi connectivity index (χ1v) is 12.3. The maximum absolute atomic E-state index is 12.2. The van der Waals surface area contributed by atoms with E-state index < -0.39 is 20.7 Å². The molecular weight excluding hydrogens is 448 g/mol. The molecule has 33 heavy (non-hydrogen) atoms. The van der Waals surface area contributed by atoms with Gasteiger partial charge in [-0.15, -0.1) is 0 Å². The summed E-state index contributed by atoms with van der Waals surface area (Å²) in [5, 5.41) is 16.1. The van der Waals surface area contributed by atoms with E-state index in [4.69, 9.17) is 9.47 Å². The van der Waals surface area contributed by atoms with Gasteiger partial charge in [-0.05, 0) is 30.7 Å². The van der Waals surface area contributed by atoms with Crippen LogP contribution in [0.2, 0.25) is 0 Å². The molecule has 0 bridgehead atoms. The van der Waals surface area contributed by atoms with Crippen LogP contribution in [0, 0.1) is 10.1 Å². The van der Waals surface area contributed by atoms with Gasteiger partial charge in [0, 0.05) is 43.6 Å². The van der Waals surface area contributed by atoms with Crippen molar-refractivity contribution >= 4 is 15.5 Å². The monoisotopic (exact) mass is 474 g/mol. The van der Waals surface area contributed by atoms with E-state index in [0.717, 1.165) is 6.26 Å². The molecule has 0 radical (unpaired) electrons. The number of ether oxygens (including phenoxy) is 2. The van der Waals surface area contributed by atoms with Crippen LogP contribution in [0.5, 0.6) is 11.5 Å². The fourth-order valence-corrected chi connectivity index (χ4v) is 4.77. The summed E-state index contributed by atoms with van der Waals surface area (Å²) < 4.78 is 37.0. The van der Waals surface area contributed by atoms with Crippen molar-refractivity contribution in [3.8, 4) is 22.6 Å². The summed E-state index contributed by atoms with van der Waals surface area (Å²) in [5.41, 5.74) is 1.65. The van der Waals surface area contributed by atoms with E-state index in [1.165, 1.54) is 19.5 Å². The Hall–Kier alpha value is -3.47. The van der Waals surface area contributed by atoms with Crippen LogP contribution in [0.1, 0.15) is 24.1 Å². The summed E-state index contributed by atoms with van der Waals surface area (Å²) in [5.74, 6) is 0.199. The third-order valence-electron chi connectivity index (χ3n) is 5.10. The van der Waals surface area contributed by atoms with Crippen molar-refractivity contribution in [3.05, 3.63) is 64.2 Å². The average Bonchev–Trinajstić information content (AvgIpc) is 3.18. The highest BCUT2D eigenvalue weighted by Crippen LogP contribution is 2.36. The molecule has 0 fully saturated rings. The number of hydrogen-bond donors (Lipinski definition) is 0. The number of benzene rings is 1. The van der Waals surface area contributed by atoms with E-state index in [0.29, 0.717) is 34.8 Å². The van der Waals surface area contributed by atoms with E-state index >= 15 is 0 Å². The zero-order valence-electron chi connectivity index (χ0n) is 18.9. The van der Waals surface area contributed by atoms with Crippen molar-refractivity contribution in [3.63, 3.8) is 0 Å². The van der Waals surface area contributed by atoms with Crippen LogP contribution in [0.25, 0.3) is 11.1 Å². The first-order chi connectivity index (χ1) is 15.6. The normalized spacial score (nSPS) is 12.4. The van der Waals surface area contributed by atoms with Gasteiger partial charge in [0.25, 0.3) is 5.69 Å². The minimum absolute atomic E-state index is 0.0510. The average molecular weight is 475 g/mol. The van der Waals surface area contributed by atoms with Gasteiger partial charge in [0.05, 0.1) is 36.2 Å². The summed E-state index contributed by atoms with van der Waals surface area (Å²) >= 11 is 0. The zero-order valence-corrected chi connectivity index (χ0v) is 19.7. The molecule has 0 saturated heterocycles. The second-order valence-electron chi connectivity index (χ2n) is 7.65. The number of methoxy groups -OCH3 is 1. The molecule has 3 rings (SSSR count). The van der Waals surface area contributed by atoms with Gasteiger partial charge >= 0.3 is 0 Å². The van der Waals surface area contributed by atoms with E-state index in [2.05, 4.69) is 10.1 Å². The van der Waals surface area contributed by atoms with Gasteiger partial charge < -0.3 is 9.47 Å². The zero-order chi connectivity index (χ0) is 24.2. The van der Waals surface area contributed by atoms with Crippen LogP contribution in [0.15, 0.2) is 42.9 Å². The smallest absolute Gasteiger partial charge is 0.298 e. The third kappa shape index (κ3) is 5.86. The molecule has 0 amide bonds. The lowest BCUT2D eigenvalue weighted by Crippen LogP contribution is -2.17. The van der Waals surface area contributed by atoms with Crippen molar-refractivity contribution < 1.29 is 22.8 Å². The van der Waals surface area contributed by atoms with Gasteiger partial charge in [0.2, 0.25) is 0 Å². The number of rotatable bonds is 10. The van der Waals surface area contributed by atoms with Crippen molar-refractivity contribution in [2.45, 2.75) is 19.3 Å². The van der Waals surface area contributed by atoms with Crippen LogP contribution in [0.4, 0.5) is 5.69 Å². The Morgan fingerprint density at radius 2 is 2.00 bits per heavy atom. The molecule has 176 valence electrons. The number of pyridine rings is 1. The molecule has 0 aliphatic rings. The maximum atomic E-state index is 12.2. The molecule has 1 atom stereocenters. The summed E-state index contributed by atoms with van der Waals surface area (Å²) in [7, 11) is -0.169. The molecule has 2 heterocycles. The number of sulfone groups is 1. The van der Waals surface area contributed by atoms with E-state index in [1.807, 2.05) is 6.92 Å². The quantitative estimate of drug-likeness (QED) is 0.324. The number of nitro groups is 1. The molecule has 11 heteroatoms. The Balaban J connectivity index is 2.10. The molecule has 2 aromatic heterocycles. The summed E-state index contributed by atoms with van der Waals surface area (Å²) in [6, 6.07) is 6.72. The molecule has 0 aliphatic carbocycles. The minimum atomic E-state index is -3.41. The molecular formula is C22H26N4O6S. The Morgan fingerprint density at radius 3 is 2.58 bits per heavy atom. The molecule has 1 aromatic carbocycles. The Kier molecular flexibility index (Phi) is 7.32. The lowest BCUT2D eigenvalue weighted by Gasteiger charge is -2.19. The third-order valence-corrected chi connectivity index (χ3v) is 6.11. The van der Waals surface area contributed by atoms with Crippen LogP contribution in [-0.4, -0.2) is 53.8 Å². The van der Waals surface area contributed by atoms with Gasteiger partial charge in [-0.3, -0.25) is 19.8 Å². The van der Waals surface area contributed by atoms with Gasteiger partial charge in [0.1, 0.15) is 15.5 Å². The molecule has 0 saturated carbocycles. The number of hydrogen-bond acceptors (Lipinski definition) is 8. The largest absolute Gasteiger partial charge is 0.493 e. The van der Waals surface area contributed by atoms with E-state index in [-0.39, 0.29) is 23.6 Å². The fourth-order valence-electron chi connectivity index (χ4n) is 3.73. The first kappa shape index (κ1) is 24.2. The highest BCUT2D eigenvalue weighted by molar-refractivity contribution is 7.90.